The molecule has 2 rings (SSSR count). The molecule has 0 aliphatic rings. The lowest BCUT2D eigenvalue weighted by atomic mass is 9.94. The Morgan fingerprint density at radius 3 is 2.36 bits per heavy atom. The molecule has 2 aromatic rings. The third-order valence-electron chi connectivity index (χ3n) is 3.45. The van der Waals surface area contributed by atoms with Gasteiger partial charge in [-0.1, -0.05) is 30.3 Å². The molecule has 0 aliphatic carbocycles. The predicted molar refractivity (Wildman–Crippen MR) is 85.0 cm³/mol. The van der Waals surface area contributed by atoms with E-state index in [9.17, 15) is 14.7 Å². The summed E-state index contributed by atoms with van der Waals surface area (Å²) in [5.74, 6) is -2.05. The number of hydrogen-bond acceptors (Lipinski definition) is 4. The smallest absolute Gasteiger partial charge is 0.308 e. The molecule has 116 valence electrons. The second kappa shape index (κ2) is 6.70. The van der Waals surface area contributed by atoms with Crippen LogP contribution in [0.1, 0.15) is 38.9 Å². The Bertz CT molecular complexity index is 682. The lowest BCUT2D eigenvalue weighted by Crippen LogP contribution is -2.36. The highest BCUT2D eigenvalue weighted by molar-refractivity contribution is 7.11. The highest BCUT2D eigenvalue weighted by Crippen LogP contribution is 2.24. The number of aliphatic carboxylic acids is 1. The van der Waals surface area contributed by atoms with Crippen molar-refractivity contribution in [1.82, 2.24) is 10.3 Å². The Balaban J connectivity index is 2.29. The second-order valence-corrected chi connectivity index (χ2v) is 6.53. The average Bonchev–Trinajstić information content (AvgIpc) is 2.83. The van der Waals surface area contributed by atoms with Gasteiger partial charge in [-0.15, -0.1) is 11.3 Å². The molecule has 0 radical (unpaired) electrons. The number of nitrogens with zero attached hydrogens (tertiary/aromatic N) is 1. The molecule has 0 saturated heterocycles. The van der Waals surface area contributed by atoms with Gasteiger partial charge in [-0.05, 0) is 26.3 Å². The third-order valence-corrected chi connectivity index (χ3v) is 4.34. The minimum atomic E-state index is -0.958. The van der Waals surface area contributed by atoms with E-state index in [1.165, 1.54) is 11.3 Å². The lowest BCUT2D eigenvalue weighted by Gasteiger charge is -2.22. The fourth-order valence-corrected chi connectivity index (χ4v) is 3.06. The SMILES string of the molecule is Cc1nc(C(=O)NC(c2ccccc2)C(C)C(=O)O)c(C)s1. The number of carbonyl (C=O) groups is 2. The van der Waals surface area contributed by atoms with E-state index >= 15 is 0 Å². The maximum absolute atomic E-state index is 12.4. The van der Waals surface area contributed by atoms with E-state index in [1.807, 2.05) is 44.2 Å². The summed E-state index contributed by atoms with van der Waals surface area (Å²) in [4.78, 5) is 28.8. The molecule has 22 heavy (non-hydrogen) atoms. The molecule has 1 aromatic heterocycles. The number of benzene rings is 1. The van der Waals surface area contributed by atoms with Gasteiger partial charge in [0.1, 0.15) is 5.69 Å². The minimum absolute atomic E-state index is 0.344. The van der Waals surface area contributed by atoms with E-state index in [2.05, 4.69) is 10.3 Å². The number of thiazole rings is 1. The van der Waals surface area contributed by atoms with Gasteiger partial charge in [-0.25, -0.2) is 4.98 Å². The van der Waals surface area contributed by atoms with Crippen LogP contribution in [0.25, 0.3) is 0 Å². The van der Waals surface area contributed by atoms with Crippen LogP contribution in [0.2, 0.25) is 0 Å². The Labute approximate surface area is 133 Å². The van der Waals surface area contributed by atoms with Gasteiger partial charge in [0.2, 0.25) is 0 Å². The van der Waals surface area contributed by atoms with Gasteiger partial charge in [0, 0.05) is 4.88 Å². The topological polar surface area (TPSA) is 79.3 Å². The molecule has 1 aromatic carbocycles. The summed E-state index contributed by atoms with van der Waals surface area (Å²) >= 11 is 1.45. The van der Waals surface area contributed by atoms with Crippen molar-refractivity contribution in [1.29, 1.82) is 0 Å². The number of nitrogens with one attached hydrogen (secondary N) is 1. The van der Waals surface area contributed by atoms with Gasteiger partial charge in [0.05, 0.1) is 17.0 Å². The van der Waals surface area contributed by atoms with Crippen LogP contribution >= 0.6 is 11.3 Å². The summed E-state index contributed by atoms with van der Waals surface area (Å²) in [6.07, 6.45) is 0. The van der Waals surface area contributed by atoms with Gasteiger partial charge in [0.15, 0.2) is 0 Å². The summed E-state index contributed by atoms with van der Waals surface area (Å²) in [6.45, 7) is 5.25. The molecule has 0 aliphatic heterocycles. The number of hydrogen-bond donors (Lipinski definition) is 2. The van der Waals surface area contributed by atoms with Crippen LogP contribution in [0.3, 0.4) is 0 Å². The van der Waals surface area contributed by atoms with Crippen LogP contribution in [-0.2, 0) is 4.79 Å². The summed E-state index contributed by atoms with van der Waals surface area (Å²) in [5.41, 5.74) is 1.12. The summed E-state index contributed by atoms with van der Waals surface area (Å²) in [6, 6.07) is 8.50. The van der Waals surface area contributed by atoms with E-state index in [-0.39, 0.29) is 5.91 Å². The Kier molecular flexibility index (Phi) is 4.92. The first-order valence-corrected chi connectivity index (χ1v) is 7.74. The van der Waals surface area contributed by atoms with Crippen molar-refractivity contribution in [2.75, 3.05) is 0 Å². The maximum atomic E-state index is 12.4. The molecule has 0 spiro atoms. The molecule has 6 heteroatoms. The van der Waals surface area contributed by atoms with Crippen molar-refractivity contribution in [3.05, 3.63) is 51.5 Å². The fourth-order valence-electron chi connectivity index (χ4n) is 2.25. The number of carbonyl (C=O) groups excluding carboxylic acids is 1. The van der Waals surface area contributed by atoms with Crippen molar-refractivity contribution in [2.45, 2.75) is 26.8 Å². The summed E-state index contributed by atoms with van der Waals surface area (Å²) in [5, 5.41) is 12.9. The highest BCUT2D eigenvalue weighted by Gasteiger charge is 2.28. The number of amides is 1. The monoisotopic (exact) mass is 318 g/mol. The number of aromatic nitrogens is 1. The molecule has 2 N–H and O–H groups in total. The standard InChI is InChI=1S/C16H18N2O3S/c1-9(16(20)21)13(12-7-5-4-6-8-12)18-15(19)14-10(2)22-11(3)17-14/h4-9,13H,1-3H3,(H,18,19)(H,20,21). The molecule has 2 atom stereocenters. The van der Waals surface area contributed by atoms with Crippen molar-refractivity contribution < 1.29 is 14.7 Å². The summed E-state index contributed by atoms with van der Waals surface area (Å²) < 4.78 is 0. The van der Waals surface area contributed by atoms with Crippen LogP contribution in [0.15, 0.2) is 30.3 Å². The van der Waals surface area contributed by atoms with E-state index < -0.39 is 17.9 Å². The van der Waals surface area contributed by atoms with Gasteiger partial charge in [-0.2, -0.15) is 0 Å². The maximum Gasteiger partial charge on any atom is 0.308 e. The first-order valence-electron chi connectivity index (χ1n) is 6.92. The van der Waals surface area contributed by atoms with Crippen LogP contribution in [0.4, 0.5) is 0 Å². The number of aryl methyl sites for hydroxylation is 2. The molecule has 0 saturated carbocycles. The third kappa shape index (κ3) is 3.51. The number of carboxylic acid groups (broad SMARTS) is 1. The predicted octanol–water partition coefficient (Wildman–Crippen LogP) is 2.95. The molecular formula is C16H18N2O3S. The zero-order valence-electron chi connectivity index (χ0n) is 12.7. The molecule has 0 fully saturated rings. The van der Waals surface area contributed by atoms with Crippen molar-refractivity contribution in [2.24, 2.45) is 5.92 Å². The Morgan fingerprint density at radius 1 is 1.23 bits per heavy atom. The normalized spacial score (nSPS) is 13.4. The van der Waals surface area contributed by atoms with E-state index in [1.54, 1.807) is 6.92 Å². The lowest BCUT2D eigenvalue weighted by molar-refractivity contribution is -0.142. The number of rotatable bonds is 5. The van der Waals surface area contributed by atoms with Gasteiger partial charge in [-0.3, -0.25) is 9.59 Å². The van der Waals surface area contributed by atoms with Gasteiger partial charge >= 0.3 is 5.97 Å². The Morgan fingerprint density at radius 2 is 1.86 bits per heavy atom. The zero-order chi connectivity index (χ0) is 16.3. The van der Waals surface area contributed by atoms with Crippen molar-refractivity contribution in [3.63, 3.8) is 0 Å². The molecule has 5 nitrogen and oxygen atoms in total. The average molecular weight is 318 g/mol. The first kappa shape index (κ1) is 16.2. The highest BCUT2D eigenvalue weighted by atomic mass is 32.1. The molecule has 1 heterocycles. The quantitative estimate of drug-likeness (QED) is 0.888. The second-order valence-electron chi connectivity index (χ2n) is 5.13. The van der Waals surface area contributed by atoms with Crippen molar-refractivity contribution >= 4 is 23.2 Å². The van der Waals surface area contributed by atoms with E-state index in [0.717, 1.165) is 15.4 Å². The molecule has 1 amide bonds. The Hall–Kier alpha value is -2.21. The van der Waals surface area contributed by atoms with Crippen LogP contribution in [0.5, 0.6) is 0 Å². The van der Waals surface area contributed by atoms with Crippen molar-refractivity contribution in [3.8, 4) is 0 Å². The molecular weight excluding hydrogens is 300 g/mol. The summed E-state index contributed by atoms with van der Waals surface area (Å²) in [7, 11) is 0. The molecule has 0 bridgehead atoms. The number of carboxylic acids is 1. The van der Waals surface area contributed by atoms with Gasteiger partial charge < -0.3 is 10.4 Å². The van der Waals surface area contributed by atoms with E-state index in [4.69, 9.17) is 0 Å². The van der Waals surface area contributed by atoms with Gasteiger partial charge in [0.25, 0.3) is 5.91 Å². The zero-order valence-corrected chi connectivity index (χ0v) is 13.5. The largest absolute Gasteiger partial charge is 0.481 e. The first-order chi connectivity index (χ1) is 10.4. The van der Waals surface area contributed by atoms with Crippen LogP contribution in [-0.4, -0.2) is 22.0 Å². The van der Waals surface area contributed by atoms with Crippen LogP contribution in [0, 0.1) is 19.8 Å². The van der Waals surface area contributed by atoms with E-state index in [0.29, 0.717) is 5.69 Å². The minimum Gasteiger partial charge on any atom is -0.481 e. The molecule has 2 unspecified atom stereocenters. The fraction of sp³-hybridized carbons (Fsp3) is 0.312. The van der Waals surface area contributed by atoms with Crippen LogP contribution < -0.4 is 5.32 Å².